The van der Waals surface area contributed by atoms with E-state index in [2.05, 4.69) is 5.32 Å². The van der Waals surface area contributed by atoms with Gasteiger partial charge in [-0.1, -0.05) is 0 Å². The number of ether oxygens (including phenoxy) is 1. The molecule has 4 unspecified atom stereocenters. The Kier molecular flexibility index (Phi) is 5.61. The summed E-state index contributed by atoms with van der Waals surface area (Å²) in [4.78, 5) is 22.1. The minimum absolute atomic E-state index is 0.598. The highest BCUT2D eigenvalue weighted by molar-refractivity contribution is 5.76. The standard InChI is InChI=1S/C11H19NO9/c1-4(14)12-7-5(15)2-11(20,10(18)19)21-9(7)8(17)6(16)3-13/h5-9,13,15-17,20H,2-3H2,1H3,(H,12,14)(H,18,19)/t5-,6?,7?,8?,9-,11?/m1/s1. The average molecular weight is 309 g/mol. The highest BCUT2D eigenvalue weighted by atomic mass is 16.7. The van der Waals surface area contributed by atoms with E-state index in [-0.39, 0.29) is 0 Å². The number of carboxylic acids is 1. The summed E-state index contributed by atoms with van der Waals surface area (Å²) >= 11 is 0. The van der Waals surface area contributed by atoms with Crippen LogP contribution in [0.15, 0.2) is 0 Å². The minimum atomic E-state index is -2.78. The van der Waals surface area contributed by atoms with E-state index in [0.29, 0.717) is 0 Å². The van der Waals surface area contributed by atoms with Crippen molar-refractivity contribution in [2.75, 3.05) is 6.61 Å². The van der Waals surface area contributed by atoms with E-state index in [9.17, 15) is 30.0 Å². The van der Waals surface area contributed by atoms with Gasteiger partial charge in [-0.2, -0.15) is 0 Å². The van der Waals surface area contributed by atoms with Crippen molar-refractivity contribution in [2.45, 2.75) is 49.6 Å². The molecule has 1 amide bonds. The van der Waals surface area contributed by atoms with Crippen molar-refractivity contribution in [3.63, 3.8) is 0 Å². The molecule has 0 aromatic rings. The number of aliphatic carboxylic acids is 1. The summed E-state index contributed by atoms with van der Waals surface area (Å²) in [6, 6.07) is -1.27. The third-order valence-corrected chi connectivity index (χ3v) is 3.21. The van der Waals surface area contributed by atoms with Crippen molar-refractivity contribution < 1.29 is 45.0 Å². The Morgan fingerprint density at radius 2 is 2.00 bits per heavy atom. The van der Waals surface area contributed by atoms with Gasteiger partial charge in [0.1, 0.15) is 18.3 Å². The maximum atomic E-state index is 11.1. The van der Waals surface area contributed by atoms with Crippen LogP contribution in [0.25, 0.3) is 0 Å². The summed E-state index contributed by atoms with van der Waals surface area (Å²) < 4.78 is 4.86. The van der Waals surface area contributed by atoms with Crippen LogP contribution in [0.4, 0.5) is 0 Å². The third kappa shape index (κ3) is 3.87. The fourth-order valence-electron chi connectivity index (χ4n) is 2.14. The second-order valence-corrected chi connectivity index (χ2v) is 4.91. The number of amides is 1. The van der Waals surface area contributed by atoms with Crippen molar-refractivity contribution in [1.82, 2.24) is 5.32 Å². The fourth-order valence-corrected chi connectivity index (χ4v) is 2.14. The molecule has 10 heteroatoms. The van der Waals surface area contributed by atoms with Gasteiger partial charge < -0.3 is 40.7 Å². The number of carbonyl (C=O) groups is 2. The Morgan fingerprint density at radius 1 is 1.43 bits per heavy atom. The van der Waals surface area contributed by atoms with Crippen LogP contribution in [0, 0.1) is 0 Å². The van der Waals surface area contributed by atoms with Crippen LogP contribution in [0.1, 0.15) is 13.3 Å². The van der Waals surface area contributed by atoms with Gasteiger partial charge in [0.15, 0.2) is 0 Å². The molecule has 21 heavy (non-hydrogen) atoms. The number of hydrogen-bond acceptors (Lipinski definition) is 8. The molecule has 7 N–H and O–H groups in total. The largest absolute Gasteiger partial charge is 0.477 e. The van der Waals surface area contributed by atoms with Gasteiger partial charge in [-0.15, -0.1) is 0 Å². The Bertz CT molecular complexity index is 403. The number of hydrogen-bond donors (Lipinski definition) is 7. The van der Waals surface area contributed by atoms with Crippen LogP contribution in [0.2, 0.25) is 0 Å². The van der Waals surface area contributed by atoms with Crippen LogP contribution < -0.4 is 5.32 Å². The quantitative estimate of drug-likeness (QED) is 0.268. The molecule has 0 aromatic carbocycles. The maximum absolute atomic E-state index is 11.1. The van der Waals surface area contributed by atoms with Crippen LogP contribution in [-0.4, -0.2) is 85.4 Å². The summed E-state index contributed by atoms with van der Waals surface area (Å²) in [5.41, 5.74) is 0. The van der Waals surface area contributed by atoms with E-state index >= 15 is 0 Å². The zero-order chi connectivity index (χ0) is 16.4. The lowest BCUT2D eigenvalue weighted by Crippen LogP contribution is -2.67. The summed E-state index contributed by atoms with van der Waals surface area (Å²) in [7, 11) is 0. The van der Waals surface area contributed by atoms with Crippen molar-refractivity contribution >= 4 is 11.9 Å². The highest BCUT2D eigenvalue weighted by Crippen LogP contribution is 2.30. The molecule has 0 spiro atoms. The Morgan fingerprint density at radius 3 is 2.43 bits per heavy atom. The lowest BCUT2D eigenvalue weighted by atomic mass is 9.88. The van der Waals surface area contributed by atoms with E-state index in [1.807, 2.05) is 0 Å². The zero-order valence-corrected chi connectivity index (χ0v) is 11.2. The Hall–Kier alpha value is -1.30. The topological polar surface area (TPSA) is 177 Å². The molecule has 0 bridgehead atoms. The van der Waals surface area contributed by atoms with Crippen molar-refractivity contribution in [3.8, 4) is 0 Å². The molecule has 122 valence electrons. The molecule has 0 aliphatic carbocycles. The molecule has 0 radical (unpaired) electrons. The van der Waals surface area contributed by atoms with Gasteiger partial charge in [-0.25, -0.2) is 4.79 Å². The van der Waals surface area contributed by atoms with Gasteiger partial charge >= 0.3 is 5.97 Å². The number of aliphatic hydroxyl groups is 5. The number of carbonyl (C=O) groups excluding carboxylic acids is 1. The summed E-state index contributed by atoms with van der Waals surface area (Å²) in [6.45, 7) is 0.256. The van der Waals surface area contributed by atoms with Crippen molar-refractivity contribution in [3.05, 3.63) is 0 Å². The predicted molar refractivity (Wildman–Crippen MR) is 64.8 cm³/mol. The monoisotopic (exact) mass is 309 g/mol. The summed E-state index contributed by atoms with van der Waals surface area (Å²) in [5, 5.41) is 59.0. The zero-order valence-electron chi connectivity index (χ0n) is 11.2. The van der Waals surface area contributed by atoms with E-state index < -0.39 is 61.1 Å². The highest BCUT2D eigenvalue weighted by Gasteiger charge is 2.53. The van der Waals surface area contributed by atoms with Crippen LogP contribution in [0.5, 0.6) is 0 Å². The second kappa shape index (κ2) is 6.64. The lowest BCUT2D eigenvalue weighted by molar-refractivity contribution is -0.295. The number of carboxylic acid groups (broad SMARTS) is 1. The molecular formula is C11H19NO9. The normalized spacial score (nSPS) is 35.8. The Balaban J connectivity index is 3.07. The SMILES string of the molecule is CC(=O)NC1[C@H](C(O)C(O)CO)OC(O)(C(=O)O)C[C@H]1O. The van der Waals surface area contributed by atoms with E-state index in [1.54, 1.807) is 0 Å². The first-order valence-corrected chi connectivity index (χ1v) is 6.18. The first-order valence-electron chi connectivity index (χ1n) is 6.18. The first kappa shape index (κ1) is 17.8. The van der Waals surface area contributed by atoms with Gasteiger partial charge in [0.05, 0.1) is 18.8 Å². The summed E-state index contributed by atoms with van der Waals surface area (Å²) in [6.07, 6.45) is -7.48. The molecule has 10 nitrogen and oxygen atoms in total. The lowest BCUT2D eigenvalue weighted by Gasteiger charge is -2.44. The maximum Gasteiger partial charge on any atom is 0.364 e. The summed E-state index contributed by atoms with van der Waals surface area (Å²) in [5.74, 6) is -5.17. The number of aliphatic hydroxyl groups excluding tert-OH is 4. The second-order valence-electron chi connectivity index (χ2n) is 4.91. The van der Waals surface area contributed by atoms with Gasteiger partial charge in [0.25, 0.3) is 5.79 Å². The molecule has 1 heterocycles. The van der Waals surface area contributed by atoms with Crippen LogP contribution in [-0.2, 0) is 14.3 Å². The number of rotatable bonds is 5. The van der Waals surface area contributed by atoms with Crippen molar-refractivity contribution in [2.24, 2.45) is 0 Å². The molecule has 1 rings (SSSR count). The predicted octanol–water partition coefficient (Wildman–Crippen LogP) is -3.87. The molecule has 0 saturated carbocycles. The van der Waals surface area contributed by atoms with Crippen LogP contribution >= 0.6 is 0 Å². The third-order valence-electron chi connectivity index (χ3n) is 3.21. The molecule has 1 aliphatic heterocycles. The molecule has 6 atom stereocenters. The number of nitrogens with one attached hydrogen (secondary N) is 1. The van der Waals surface area contributed by atoms with Gasteiger partial charge in [0.2, 0.25) is 5.91 Å². The first-order chi connectivity index (χ1) is 9.62. The van der Waals surface area contributed by atoms with E-state index in [0.717, 1.165) is 6.92 Å². The smallest absolute Gasteiger partial charge is 0.364 e. The molecule has 1 saturated heterocycles. The van der Waals surface area contributed by atoms with Gasteiger partial charge in [-0.3, -0.25) is 4.79 Å². The molecule has 1 aliphatic rings. The van der Waals surface area contributed by atoms with Gasteiger partial charge in [0, 0.05) is 13.3 Å². The minimum Gasteiger partial charge on any atom is -0.477 e. The van der Waals surface area contributed by atoms with Gasteiger partial charge in [-0.05, 0) is 0 Å². The molecule has 0 aromatic heterocycles. The van der Waals surface area contributed by atoms with Crippen LogP contribution in [0.3, 0.4) is 0 Å². The fraction of sp³-hybridized carbons (Fsp3) is 0.818. The van der Waals surface area contributed by atoms with Crippen molar-refractivity contribution in [1.29, 1.82) is 0 Å². The average Bonchev–Trinajstić information content (AvgIpc) is 2.39. The molecular weight excluding hydrogens is 290 g/mol. The molecule has 1 fully saturated rings. The van der Waals surface area contributed by atoms with E-state index in [1.165, 1.54) is 0 Å². The van der Waals surface area contributed by atoms with E-state index in [4.69, 9.17) is 14.9 Å². The Labute approximate surface area is 119 Å².